The molecule has 1 amide bonds. The van der Waals surface area contributed by atoms with Crippen LogP contribution in [0.3, 0.4) is 0 Å². The zero-order valence-corrected chi connectivity index (χ0v) is 7.14. The number of ether oxygens (including phenoxy) is 1. The van der Waals surface area contributed by atoms with Gasteiger partial charge in [-0.3, -0.25) is 4.79 Å². The van der Waals surface area contributed by atoms with Crippen LogP contribution in [0.25, 0.3) is 0 Å². The molecule has 0 N–H and O–H groups in total. The van der Waals surface area contributed by atoms with E-state index >= 15 is 0 Å². The highest BCUT2D eigenvalue weighted by molar-refractivity contribution is 5.82. The van der Waals surface area contributed by atoms with Crippen LogP contribution in [0, 0.1) is 0 Å². The maximum absolute atomic E-state index is 11.1. The topological polar surface area (TPSA) is 40.4 Å². The summed E-state index contributed by atoms with van der Waals surface area (Å²) in [5.74, 6) is 0.599. The summed E-state index contributed by atoms with van der Waals surface area (Å²) >= 11 is 0. The molecule has 1 aromatic rings. The van der Waals surface area contributed by atoms with E-state index in [2.05, 4.69) is 5.32 Å². The fourth-order valence-electron chi connectivity index (χ4n) is 1.29. The van der Waals surface area contributed by atoms with Gasteiger partial charge in [-0.25, -0.2) is 5.32 Å². The van der Waals surface area contributed by atoms with Crippen molar-refractivity contribution < 1.29 is 9.53 Å². The summed E-state index contributed by atoms with van der Waals surface area (Å²) in [5, 5.41) is 3.75. The molecule has 1 atom stereocenters. The van der Waals surface area contributed by atoms with Gasteiger partial charge in [-0.2, -0.15) is 0 Å². The molecule has 1 radical (unpaired) electrons. The molecule has 1 fully saturated rings. The van der Waals surface area contributed by atoms with E-state index in [1.807, 2.05) is 30.3 Å². The molecular weight excluding hydrogens is 166 g/mol. The Balaban J connectivity index is 2.02. The Bertz CT molecular complexity index is 297. The van der Waals surface area contributed by atoms with E-state index < -0.39 is 0 Å². The number of rotatable bonds is 2. The number of benzene rings is 1. The van der Waals surface area contributed by atoms with Gasteiger partial charge in [0.15, 0.2) is 6.10 Å². The van der Waals surface area contributed by atoms with Crippen molar-refractivity contribution in [3.63, 3.8) is 0 Å². The molecule has 0 aromatic heterocycles. The molecule has 3 heteroatoms. The van der Waals surface area contributed by atoms with Crippen LogP contribution >= 0.6 is 0 Å². The van der Waals surface area contributed by atoms with Crippen molar-refractivity contribution >= 4 is 5.91 Å². The first kappa shape index (κ1) is 8.10. The van der Waals surface area contributed by atoms with Gasteiger partial charge >= 0.3 is 0 Å². The van der Waals surface area contributed by atoms with Crippen LogP contribution in [0.1, 0.15) is 6.42 Å². The lowest BCUT2D eigenvalue weighted by Crippen LogP contribution is -2.24. The van der Waals surface area contributed by atoms with Gasteiger partial charge < -0.3 is 4.74 Å². The summed E-state index contributed by atoms with van der Waals surface area (Å²) in [7, 11) is 0. The molecule has 1 aliphatic rings. The summed E-state index contributed by atoms with van der Waals surface area (Å²) in [6.45, 7) is 0.594. The Hall–Kier alpha value is -1.51. The minimum atomic E-state index is -0.359. The number of nitrogens with zero attached hydrogens (tertiary/aromatic N) is 1. The number of hydrogen-bond donors (Lipinski definition) is 0. The van der Waals surface area contributed by atoms with E-state index in [0.717, 1.165) is 5.75 Å². The zero-order chi connectivity index (χ0) is 9.10. The Labute approximate surface area is 76.7 Å². The van der Waals surface area contributed by atoms with Gasteiger partial charge in [-0.1, -0.05) is 18.2 Å². The molecule has 1 unspecified atom stereocenters. The van der Waals surface area contributed by atoms with Crippen LogP contribution in [0.5, 0.6) is 5.75 Å². The Morgan fingerprint density at radius 3 is 2.69 bits per heavy atom. The summed E-state index contributed by atoms with van der Waals surface area (Å²) in [6, 6.07) is 9.35. The molecule has 1 aromatic carbocycles. The molecule has 13 heavy (non-hydrogen) atoms. The largest absolute Gasteiger partial charge is 0.480 e. The summed E-state index contributed by atoms with van der Waals surface area (Å²) in [6.07, 6.45) is 0.343. The molecule has 1 heterocycles. The normalized spacial score (nSPS) is 21.2. The number of hydrogen-bond acceptors (Lipinski definition) is 2. The van der Waals surface area contributed by atoms with E-state index in [9.17, 15) is 4.79 Å². The molecule has 1 saturated heterocycles. The number of para-hydroxylation sites is 1. The van der Waals surface area contributed by atoms with Crippen LogP contribution < -0.4 is 10.1 Å². The zero-order valence-electron chi connectivity index (χ0n) is 7.14. The van der Waals surface area contributed by atoms with E-state index in [1.165, 1.54) is 0 Å². The third kappa shape index (κ3) is 1.80. The third-order valence-corrected chi connectivity index (χ3v) is 1.96. The quantitative estimate of drug-likeness (QED) is 0.673. The second-order valence-corrected chi connectivity index (χ2v) is 2.93. The van der Waals surface area contributed by atoms with Crippen LogP contribution in [0.2, 0.25) is 0 Å². The lowest BCUT2D eigenvalue weighted by Gasteiger charge is -2.09. The van der Waals surface area contributed by atoms with Gasteiger partial charge in [-0.05, 0) is 12.1 Å². The summed E-state index contributed by atoms with van der Waals surface area (Å²) in [4.78, 5) is 11.1. The number of carbonyl (C=O) groups excluding carboxylic acids is 1. The highest BCUT2D eigenvalue weighted by atomic mass is 16.5. The predicted octanol–water partition coefficient (Wildman–Crippen LogP) is 0.969. The highest BCUT2D eigenvalue weighted by Gasteiger charge is 2.27. The van der Waals surface area contributed by atoms with E-state index in [0.29, 0.717) is 13.0 Å². The Kier molecular flexibility index (Phi) is 2.17. The molecule has 0 spiro atoms. The fourth-order valence-corrected chi connectivity index (χ4v) is 1.29. The van der Waals surface area contributed by atoms with E-state index in [-0.39, 0.29) is 12.0 Å². The third-order valence-electron chi connectivity index (χ3n) is 1.96. The smallest absolute Gasteiger partial charge is 0.282 e. The maximum atomic E-state index is 11.1. The molecule has 1 aliphatic heterocycles. The van der Waals surface area contributed by atoms with Crippen molar-refractivity contribution in [3.8, 4) is 5.75 Å². The van der Waals surface area contributed by atoms with E-state index in [1.54, 1.807) is 0 Å². The van der Waals surface area contributed by atoms with Crippen molar-refractivity contribution in [1.82, 2.24) is 5.32 Å². The van der Waals surface area contributed by atoms with E-state index in [4.69, 9.17) is 4.74 Å². The van der Waals surface area contributed by atoms with Crippen LogP contribution in [0.15, 0.2) is 30.3 Å². The standard InChI is InChI=1S/C10H10NO2/c12-10-9(6-7-11-10)13-8-4-2-1-3-5-8/h1-5,9H,6-7H2. The molecule has 2 rings (SSSR count). The van der Waals surface area contributed by atoms with Gasteiger partial charge in [0.25, 0.3) is 5.91 Å². The molecular formula is C10H10NO2. The van der Waals surface area contributed by atoms with Crippen molar-refractivity contribution in [2.45, 2.75) is 12.5 Å². The highest BCUT2D eigenvalue weighted by Crippen LogP contribution is 2.14. The number of carbonyl (C=O) groups is 1. The van der Waals surface area contributed by atoms with Crippen LogP contribution in [-0.4, -0.2) is 18.6 Å². The van der Waals surface area contributed by atoms with Crippen LogP contribution in [0.4, 0.5) is 0 Å². The van der Waals surface area contributed by atoms with Gasteiger partial charge in [0.2, 0.25) is 0 Å². The SMILES string of the molecule is O=C1[N]CCC1Oc1ccccc1. The number of amides is 1. The van der Waals surface area contributed by atoms with Crippen molar-refractivity contribution in [1.29, 1.82) is 0 Å². The minimum Gasteiger partial charge on any atom is -0.480 e. The Morgan fingerprint density at radius 2 is 2.08 bits per heavy atom. The van der Waals surface area contributed by atoms with Gasteiger partial charge in [0, 0.05) is 13.0 Å². The van der Waals surface area contributed by atoms with Crippen LogP contribution in [-0.2, 0) is 4.79 Å². The van der Waals surface area contributed by atoms with Crippen molar-refractivity contribution in [2.24, 2.45) is 0 Å². The second-order valence-electron chi connectivity index (χ2n) is 2.93. The predicted molar refractivity (Wildman–Crippen MR) is 47.5 cm³/mol. The second kappa shape index (κ2) is 3.47. The van der Waals surface area contributed by atoms with Crippen molar-refractivity contribution in [2.75, 3.05) is 6.54 Å². The lowest BCUT2D eigenvalue weighted by molar-refractivity contribution is -0.125. The Morgan fingerprint density at radius 1 is 1.31 bits per heavy atom. The molecule has 67 valence electrons. The first-order valence-electron chi connectivity index (χ1n) is 4.29. The van der Waals surface area contributed by atoms with Gasteiger partial charge in [0.1, 0.15) is 5.75 Å². The summed E-state index contributed by atoms with van der Waals surface area (Å²) in [5.41, 5.74) is 0. The van der Waals surface area contributed by atoms with Gasteiger partial charge in [0.05, 0.1) is 0 Å². The fraction of sp³-hybridized carbons (Fsp3) is 0.300. The molecule has 0 bridgehead atoms. The maximum Gasteiger partial charge on any atom is 0.282 e. The van der Waals surface area contributed by atoms with Crippen molar-refractivity contribution in [3.05, 3.63) is 30.3 Å². The average Bonchev–Trinajstić information content (AvgIpc) is 2.54. The first-order chi connectivity index (χ1) is 6.36. The monoisotopic (exact) mass is 176 g/mol. The van der Waals surface area contributed by atoms with Gasteiger partial charge in [-0.15, -0.1) is 0 Å². The minimum absolute atomic E-state index is 0.135. The average molecular weight is 176 g/mol. The molecule has 3 nitrogen and oxygen atoms in total. The lowest BCUT2D eigenvalue weighted by atomic mass is 10.3. The molecule has 0 aliphatic carbocycles. The molecule has 0 saturated carbocycles. The first-order valence-corrected chi connectivity index (χ1v) is 4.29. The summed E-state index contributed by atoms with van der Waals surface area (Å²) < 4.78 is 5.44.